The standard InChI is InChI=1S/C29H41N3O3/c1-2-20-35-28-22-26(25-15-13-19-30-25)32-27(28)21-24-18-17-23(31-24)14-11-9-7-5-3-4-6-8-10-12-16-29(33)34/h13,15,17-19,21-22,30,32H,2-12,14,16,20H2,1H3,(H,33,34)/b24-21+. The Morgan fingerprint density at radius 3 is 2.37 bits per heavy atom. The van der Waals surface area contributed by atoms with Gasteiger partial charge in [0, 0.05) is 24.4 Å². The minimum absolute atomic E-state index is 0.313. The summed E-state index contributed by atoms with van der Waals surface area (Å²) < 4.78 is 5.97. The fraction of sp³-hybridized carbons (Fsp3) is 0.517. The second kappa shape index (κ2) is 15.1. The van der Waals surface area contributed by atoms with Crippen LogP contribution in [0.25, 0.3) is 17.5 Å². The van der Waals surface area contributed by atoms with Crippen LogP contribution in [0.4, 0.5) is 0 Å². The first-order chi connectivity index (χ1) is 17.2. The number of aliphatic imine (C=N–C) groups is 1. The fourth-order valence-corrected chi connectivity index (χ4v) is 4.32. The van der Waals surface area contributed by atoms with Crippen LogP contribution in [0.2, 0.25) is 0 Å². The van der Waals surface area contributed by atoms with Gasteiger partial charge in [0.15, 0.2) is 0 Å². The number of carboxylic acid groups (broad SMARTS) is 1. The van der Waals surface area contributed by atoms with Gasteiger partial charge in [-0.15, -0.1) is 0 Å². The second-order valence-corrected chi connectivity index (χ2v) is 9.33. The van der Waals surface area contributed by atoms with Crippen LogP contribution >= 0.6 is 0 Å². The van der Waals surface area contributed by atoms with Gasteiger partial charge in [-0.05, 0) is 56.0 Å². The smallest absolute Gasteiger partial charge is 0.303 e. The normalized spacial score (nSPS) is 14.1. The molecule has 1 aliphatic heterocycles. The topological polar surface area (TPSA) is 90.5 Å². The van der Waals surface area contributed by atoms with Crippen molar-refractivity contribution < 1.29 is 14.6 Å². The molecule has 1 aliphatic rings. The zero-order valence-corrected chi connectivity index (χ0v) is 21.2. The van der Waals surface area contributed by atoms with E-state index in [0.717, 1.165) is 66.3 Å². The molecule has 0 spiro atoms. The molecule has 6 nitrogen and oxygen atoms in total. The summed E-state index contributed by atoms with van der Waals surface area (Å²) in [6.45, 7) is 2.80. The Labute approximate surface area is 209 Å². The lowest BCUT2D eigenvalue weighted by molar-refractivity contribution is -0.137. The van der Waals surface area contributed by atoms with E-state index in [4.69, 9.17) is 14.8 Å². The summed E-state index contributed by atoms with van der Waals surface area (Å²) >= 11 is 0. The molecule has 0 radical (unpaired) electrons. The number of hydrogen-bond acceptors (Lipinski definition) is 3. The molecule has 0 aromatic carbocycles. The summed E-state index contributed by atoms with van der Waals surface area (Å²) in [6.07, 6.45) is 22.3. The molecule has 0 unspecified atom stereocenters. The van der Waals surface area contributed by atoms with Gasteiger partial charge in [-0.1, -0.05) is 58.3 Å². The summed E-state index contributed by atoms with van der Waals surface area (Å²) in [7, 11) is 0. The number of aromatic nitrogens is 2. The number of nitrogens with one attached hydrogen (secondary N) is 2. The lowest BCUT2D eigenvalue weighted by Crippen LogP contribution is -1.95. The van der Waals surface area contributed by atoms with Gasteiger partial charge in [-0.3, -0.25) is 9.79 Å². The minimum atomic E-state index is -0.676. The maximum atomic E-state index is 10.5. The molecular formula is C29H41N3O3. The van der Waals surface area contributed by atoms with Crippen LogP contribution in [0.1, 0.15) is 96.1 Å². The summed E-state index contributed by atoms with van der Waals surface area (Å²) in [6, 6.07) is 6.09. The summed E-state index contributed by atoms with van der Waals surface area (Å²) in [5.41, 5.74) is 5.12. The number of rotatable bonds is 18. The monoisotopic (exact) mass is 479 g/mol. The Bertz CT molecular complexity index is 983. The van der Waals surface area contributed by atoms with Gasteiger partial charge in [0.25, 0.3) is 0 Å². The van der Waals surface area contributed by atoms with E-state index in [1.165, 1.54) is 44.9 Å². The van der Waals surface area contributed by atoms with Gasteiger partial charge in [0.05, 0.1) is 29.4 Å². The Balaban J connectivity index is 1.35. The molecule has 0 amide bonds. The molecule has 35 heavy (non-hydrogen) atoms. The highest BCUT2D eigenvalue weighted by molar-refractivity contribution is 5.99. The third-order valence-electron chi connectivity index (χ3n) is 6.25. The molecule has 3 N–H and O–H groups in total. The van der Waals surface area contributed by atoms with Crippen LogP contribution in [0.5, 0.6) is 5.75 Å². The van der Waals surface area contributed by atoms with Crippen molar-refractivity contribution in [2.45, 2.75) is 90.4 Å². The molecule has 0 saturated carbocycles. The number of aliphatic carboxylic acids is 1. The van der Waals surface area contributed by atoms with Gasteiger partial charge >= 0.3 is 5.97 Å². The van der Waals surface area contributed by atoms with Crippen LogP contribution in [0.3, 0.4) is 0 Å². The largest absolute Gasteiger partial charge is 0.491 e. The van der Waals surface area contributed by atoms with Crippen molar-refractivity contribution in [3.8, 4) is 17.1 Å². The molecule has 3 rings (SSSR count). The number of carbonyl (C=O) groups is 1. The number of carboxylic acids is 1. The predicted molar refractivity (Wildman–Crippen MR) is 144 cm³/mol. The third-order valence-corrected chi connectivity index (χ3v) is 6.25. The molecule has 3 heterocycles. The number of H-pyrrole nitrogens is 2. The highest BCUT2D eigenvalue weighted by Gasteiger charge is 2.12. The third kappa shape index (κ3) is 9.63. The number of aromatic amines is 2. The van der Waals surface area contributed by atoms with Crippen molar-refractivity contribution >= 4 is 17.8 Å². The van der Waals surface area contributed by atoms with Crippen LogP contribution in [-0.2, 0) is 4.79 Å². The molecule has 0 aliphatic carbocycles. The Kier molecular flexibility index (Phi) is 11.4. The van der Waals surface area contributed by atoms with E-state index in [2.05, 4.69) is 41.2 Å². The average molecular weight is 480 g/mol. The van der Waals surface area contributed by atoms with E-state index in [-0.39, 0.29) is 0 Å². The predicted octanol–water partition coefficient (Wildman–Crippen LogP) is 7.92. The number of ether oxygens (including phenoxy) is 1. The molecule has 6 heteroatoms. The second-order valence-electron chi connectivity index (χ2n) is 9.33. The van der Waals surface area contributed by atoms with Gasteiger partial charge < -0.3 is 19.8 Å². The van der Waals surface area contributed by atoms with Gasteiger partial charge in [0.1, 0.15) is 5.75 Å². The lowest BCUT2D eigenvalue weighted by Gasteiger charge is -2.03. The van der Waals surface area contributed by atoms with E-state index in [0.29, 0.717) is 13.0 Å². The summed E-state index contributed by atoms with van der Waals surface area (Å²) in [4.78, 5) is 22.0. The molecule has 2 aromatic heterocycles. The van der Waals surface area contributed by atoms with E-state index < -0.39 is 5.97 Å². The first kappa shape index (κ1) is 26.6. The summed E-state index contributed by atoms with van der Waals surface area (Å²) in [5, 5.41) is 8.64. The zero-order valence-electron chi connectivity index (χ0n) is 21.2. The minimum Gasteiger partial charge on any atom is -0.491 e. The number of nitrogens with zero attached hydrogens (tertiary/aromatic N) is 1. The summed E-state index contributed by atoms with van der Waals surface area (Å²) in [5.74, 6) is 0.186. The van der Waals surface area contributed by atoms with E-state index in [9.17, 15) is 4.79 Å². The van der Waals surface area contributed by atoms with Crippen LogP contribution in [-0.4, -0.2) is 33.4 Å². The van der Waals surface area contributed by atoms with Crippen molar-refractivity contribution in [2.75, 3.05) is 6.61 Å². The molecule has 190 valence electrons. The average Bonchev–Trinajstić information content (AvgIpc) is 3.60. The zero-order chi connectivity index (χ0) is 24.7. The first-order valence-corrected chi connectivity index (χ1v) is 13.3. The van der Waals surface area contributed by atoms with E-state index in [1.807, 2.05) is 18.3 Å². The maximum Gasteiger partial charge on any atom is 0.303 e. The molecular weight excluding hydrogens is 438 g/mol. The molecule has 0 atom stereocenters. The Morgan fingerprint density at radius 1 is 1.00 bits per heavy atom. The van der Waals surface area contributed by atoms with Crippen molar-refractivity contribution in [2.24, 2.45) is 4.99 Å². The highest BCUT2D eigenvalue weighted by atomic mass is 16.5. The Morgan fingerprint density at radius 2 is 1.71 bits per heavy atom. The van der Waals surface area contributed by atoms with Gasteiger partial charge in [0.2, 0.25) is 0 Å². The molecule has 2 aromatic rings. The van der Waals surface area contributed by atoms with Crippen LogP contribution in [0, 0.1) is 0 Å². The highest BCUT2D eigenvalue weighted by Crippen LogP contribution is 2.29. The fourth-order valence-electron chi connectivity index (χ4n) is 4.32. The molecule has 0 fully saturated rings. The van der Waals surface area contributed by atoms with Crippen LogP contribution in [0.15, 0.2) is 47.2 Å². The van der Waals surface area contributed by atoms with Crippen molar-refractivity contribution in [1.82, 2.24) is 9.97 Å². The quantitative estimate of drug-likeness (QED) is 0.190. The number of hydrogen-bond donors (Lipinski definition) is 3. The van der Waals surface area contributed by atoms with Crippen LogP contribution < -0.4 is 4.74 Å². The van der Waals surface area contributed by atoms with E-state index >= 15 is 0 Å². The van der Waals surface area contributed by atoms with Crippen molar-refractivity contribution in [1.29, 1.82) is 0 Å². The SMILES string of the molecule is CCCOc1cc(-c2ccc[nH]2)[nH]c1/C=C1\C=CC(CCCCCCCCCCCCC(=O)O)=N1. The molecule has 0 bridgehead atoms. The number of allylic oxidation sites excluding steroid dienone is 2. The maximum absolute atomic E-state index is 10.5. The lowest BCUT2D eigenvalue weighted by atomic mass is 10.0. The van der Waals surface area contributed by atoms with Crippen molar-refractivity contribution in [3.63, 3.8) is 0 Å². The van der Waals surface area contributed by atoms with Gasteiger partial charge in [-0.2, -0.15) is 0 Å². The van der Waals surface area contributed by atoms with Crippen molar-refractivity contribution in [3.05, 3.63) is 47.9 Å². The molecule has 0 saturated heterocycles. The Hall–Kier alpha value is -3.02. The van der Waals surface area contributed by atoms with Gasteiger partial charge in [-0.25, -0.2) is 0 Å². The first-order valence-electron chi connectivity index (χ1n) is 13.3. The van der Waals surface area contributed by atoms with E-state index in [1.54, 1.807) is 0 Å². The number of unbranched alkanes of at least 4 members (excludes halogenated alkanes) is 9.